The molecule has 0 radical (unpaired) electrons. The number of benzene rings is 2. The maximum Gasteiger partial charge on any atom is 0.191 e. The molecule has 0 fully saturated rings. The van der Waals surface area contributed by atoms with Gasteiger partial charge in [0.05, 0.1) is 0 Å². The fraction of sp³-hybridized carbons (Fsp3) is 0.333. The van der Waals surface area contributed by atoms with Crippen LogP contribution in [0.2, 0.25) is 0 Å². The van der Waals surface area contributed by atoms with Crippen molar-refractivity contribution in [1.82, 2.24) is 10.8 Å². The van der Waals surface area contributed by atoms with Crippen LogP contribution >= 0.6 is 0 Å². The summed E-state index contributed by atoms with van der Waals surface area (Å²) in [5.74, 6) is 1.42. The van der Waals surface area contributed by atoms with Gasteiger partial charge < -0.3 is 5.32 Å². The summed E-state index contributed by atoms with van der Waals surface area (Å²) >= 11 is 0. The lowest BCUT2D eigenvalue weighted by Gasteiger charge is -2.10. The van der Waals surface area contributed by atoms with Gasteiger partial charge in [0, 0.05) is 13.1 Å². The van der Waals surface area contributed by atoms with Crippen LogP contribution in [0, 0.1) is 0 Å². The van der Waals surface area contributed by atoms with E-state index < -0.39 is 5.72 Å². The van der Waals surface area contributed by atoms with Gasteiger partial charge in [-0.15, -0.1) is 0 Å². The Bertz CT molecular complexity index is 754. The molecule has 2 N–H and O–H groups in total. The van der Waals surface area contributed by atoms with Gasteiger partial charge in [-0.1, -0.05) is 60.7 Å². The number of rotatable bonds is 7. The van der Waals surface area contributed by atoms with Crippen molar-refractivity contribution in [2.75, 3.05) is 13.1 Å². The highest BCUT2D eigenvalue weighted by molar-refractivity contribution is 6.40. The van der Waals surface area contributed by atoms with E-state index in [0.29, 0.717) is 12.4 Å². The Hall–Kier alpha value is -2.66. The third-order valence-electron chi connectivity index (χ3n) is 4.06. The van der Waals surface area contributed by atoms with Crippen LogP contribution in [0.5, 0.6) is 0 Å². The third kappa shape index (κ3) is 5.43. The zero-order valence-electron chi connectivity index (χ0n) is 15.4. The summed E-state index contributed by atoms with van der Waals surface area (Å²) in [6.45, 7) is 5.31. The number of nitrogens with zero attached hydrogens (tertiary/aromatic N) is 2. The van der Waals surface area contributed by atoms with E-state index >= 15 is 0 Å². The van der Waals surface area contributed by atoms with E-state index in [0.717, 1.165) is 25.2 Å². The smallest absolute Gasteiger partial charge is 0.191 e. The van der Waals surface area contributed by atoms with Crippen molar-refractivity contribution in [3.05, 3.63) is 71.8 Å². The van der Waals surface area contributed by atoms with Crippen LogP contribution in [0.15, 0.2) is 70.6 Å². The largest absolute Gasteiger partial charge is 0.367 e. The van der Waals surface area contributed by atoms with Gasteiger partial charge in [0.1, 0.15) is 0 Å². The Morgan fingerprint density at radius 1 is 1.00 bits per heavy atom. The second kappa shape index (κ2) is 8.63. The molecule has 0 saturated carbocycles. The van der Waals surface area contributed by atoms with Crippen LogP contribution in [0.1, 0.15) is 25.0 Å². The molecule has 136 valence electrons. The molecule has 0 unspecified atom stereocenters. The van der Waals surface area contributed by atoms with Crippen molar-refractivity contribution in [1.29, 1.82) is 0 Å². The predicted octanol–water partition coefficient (Wildman–Crippen LogP) is 3.13. The number of nitrogens with one attached hydrogen (secondary N) is 2. The molecule has 3 rings (SSSR count). The predicted molar refractivity (Wildman–Crippen MR) is 106 cm³/mol. The lowest BCUT2D eigenvalue weighted by atomic mass is 10.1. The fourth-order valence-corrected chi connectivity index (χ4v) is 2.72. The minimum Gasteiger partial charge on any atom is -0.367 e. The van der Waals surface area contributed by atoms with Crippen LogP contribution in [-0.4, -0.2) is 30.5 Å². The van der Waals surface area contributed by atoms with Gasteiger partial charge in [0.15, 0.2) is 17.4 Å². The molecule has 2 aromatic rings. The van der Waals surface area contributed by atoms with E-state index in [-0.39, 0.29) is 0 Å². The van der Waals surface area contributed by atoms with Crippen molar-refractivity contribution in [2.45, 2.75) is 32.4 Å². The van der Waals surface area contributed by atoms with Crippen molar-refractivity contribution < 1.29 is 4.84 Å². The second-order valence-corrected chi connectivity index (χ2v) is 6.74. The molecule has 2 aromatic carbocycles. The summed E-state index contributed by atoms with van der Waals surface area (Å²) in [5.41, 5.74) is 4.90. The molecule has 1 heterocycles. The molecule has 0 saturated heterocycles. The van der Waals surface area contributed by atoms with Crippen molar-refractivity contribution in [3.63, 3.8) is 0 Å². The van der Waals surface area contributed by atoms with E-state index in [4.69, 9.17) is 9.83 Å². The monoisotopic (exact) mass is 350 g/mol. The van der Waals surface area contributed by atoms with Crippen LogP contribution in [0.4, 0.5) is 0 Å². The van der Waals surface area contributed by atoms with Crippen molar-refractivity contribution in [2.24, 2.45) is 9.98 Å². The third-order valence-corrected chi connectivity index (χ3v) is 4.06. The van der Waals surface area contributed by atoms with E-state index in [1.54, 1.807) is 0 Å². The maximum absolute atomic E-state index is 5.49. The summed E-state index contributed by atoms with van der Waals surface area (Å²) in [6, 6.07) is 20.8. The summed E-state index contributed by atoms with van der Waals surface area (Å²) in [7, 11) is 0. The van der Waals surface area contributed by atoms with Gasteiger partial charge >= 0.3 is 0 Å². The molecule has 1 aliphatic rings. The van der Waals surface area contributed by atoms with Gasteiger partial charge in [-0.2, -0.15) is 0 Å². The highest BCUT2D eigenvalue weighted by atomic mass is 16.7. The molecule has 5 nitrogen and oxygen atoms in total. The molecular weight excluding hydrogens is 324 g/mol. The van der Waals surface area contributed by atoms with Gasteiger partial charge in [0.25, 0.3) is 0 Å². The molecular formula is C21H26N4O. The van der Waals surface area contributed by atoms with Crippen LogP contribution in [0.3, 0.4) is 0 Å². The first-order valence-corrected chi connectivity index (χ1v) is 9.03. The number of aliphatic imine (C=N–C) groups is 2. The molecule has 1 aliphatic heterocycles. The van der Waals surface area contributed by atoms with Gasteiger partial charge in [0.2, 0.25) is 0 Å². The summed E-state index contributed by atoms with van der Waals surface area (Å²) in [5, 5.41) is 3.41. The van der Waals surface area contributed by atoms with Crippen molar-refractivity contribution in [3.8, 4) is 0 Å². The maximum atomic E-state index is 5.49. The Morgan fingerprint density at radius 3 is 2.19 bits per heavy atom. The van der Waals surface area contributed by atoms with Crippen LogP contribution in [-0.2, 0) is 17.7 Å². The summed E-state index contributed by atoms with van der Waals surface area (Å²) in [6.07, 6.45) is 1.82. The zero-order chi connectivity index (χ0) is 18.2. The lowest BCUT2D eigenvalue weighted by molar-refractivity contribution is -0.0267. The first-order valence-electron chi connectivity index (χ1n) is 9.03. The summed E-state index contributed by atoms with van der Waals surface area (Å²) < 4.78 is 0. The van der Waals surface area contributed by atoms with Gasteiger partial charge in [-0.3, -0.25) is 4.99 Å². The average molecular weight is 350 g/mol. The fourth-order valence-electron chi connectivity index (χ4n) is 2.72. The molecule has 0 spiro atoms. The number of hydrogen-bond acceptors (Lipinski definition) is 4. The first kappa shape index (κ1) is 18.1. The topological polar surface area (TPSA) is 58.0 Å². The summed E-state index contributed by atoms with van der Waals surface area (Å²) in [4.78, 5) is 14.8. The number of amidine groups is 2. The van der Waals surface area contributed by atoms with Crippen molar-refractivity contribution >= 4 is 11.7 Å². The molecule has 0 amide bonds. The number of hydroxylamine groups is 1. The molecule has 0 aromatic heterocycles. The minimum atomic E-state index is -0.573. The van der Waals surface area contributed by atoms with Crippen LogP contribution < -0.4 is 10.8 Å². The number of hydrogen-bond donors (Lipinski definition) is 2. The quantitative estimate of drug-likeness (QED) is 0.596. The van der Waals surface area contributed by atoms with E-state index in [1.807, 2.05) is 26.0 Å². The molecule has 0 bridgehead atoms. The molecule has 0 aliphatic carbocycles. The first-order chi connectivity index (χ1) is 12.6. The standard InChI is InChI=1S/C21H26N4O/c1-21(2)24-20(25-26-21)19(22-15-13-17-9-5-3-6-10-17)23-16-14-18-11-7-4-8-12-18/h3-12H,13-16H2,1-2H3,(H,22,23)(H,24,25). The molecule has 0 atom stereocenters. The second-order valence-electron chi connectivity index (χ2n) is 6.74. The molecule has 26 heavy (non-hydrogen) atoms. The Morgan fingerprint density at radius 2 is 1.62 bits per heavy atom. The normalized spacial score (nSPS) is 16.1. The minimum absolute atomic E-state index is 0.573. The Kier molecular flexibility index (Phi) is 6.02. The zero-order valence-corrected chi connectivity index (χ0v) is 15.4. The van der Waals surface area contributed by atoms with E-state index in [2.05, 4.69) is 64.3 Å². The highest BCUT2D eigenvalue weighted by Gasteiger charge is 2.28. The van der Waals surface area contributed by atoms with Gasteiger partial charge in [-0.05, 0) is 37.8 Å². The van der Waals surface area contributed by atoms with E-state index in [9.17, 15) is 0 Å². The lowest BCUT2D eigenvalue weighted by Crippen LogP contribution is -2.38. The Balaban J connectivity index is 1.62. The average Bonchev–Trinajstić information content (AvgIpc) is 3.02. The van der Waals surface area contributed by atoms with Crippen LogP contribution in [0.25, 0.3) is 0 Å². The SMILES string of the molecule is CC1(C)N=C(C(=NCCc2ccccc2)NCCc2ccccc2)NO1. The van der Waals surface area contributed by atoms with Gasteiger partial charge in [-0.25, -0.2) is 15.3 Å². The highest BCUT2D eigenvalue weighted by Crippen LogP contribution is 2.14. The molecule has 5 heteroatoms. The Labute approximate surface area is 155 Å². The van der Waals surface area contributed by atoms with E-state index in [1.165, 1.54) is 11.1 Å².